The van der Waals surface area contributed by atoms with Crippen LogP contribution in [0.1, 0.15) is 16.1 Å². The van der Waals surface area contributed by atoms with E-state index in [2.05, 4.69) is 21.0 Å². The molecule has 0 aliphatic carbocycles. The van der Waals surface area contributed by atoms with E-state index < -0.39 is 5.97 Å². The van der Waals surface area contributed by atoms with Gasteiger partial charge in [-0.3, -0.25) is 0 Å². The van der Waals surface area contributed by atoms with Crippen molar-refractivity contribution in [1.29, 1.82) is 0 Å². The standard InChI is InChI=1S/C19H15BrN2O5/c1-24-17-9-22(13-5-3-2-4-6-13)21-18(17)19(23)25-10-12-7-15-16(8-14(12)20)27-11-26-15/h2-9H,10-11H2,1H3. The molecule has 4 rings (SSSR count). The maximum Gasteiger partial charge on any atom is 0.363 e. The van der Waals surface area contributed by atoms with Crippen LogP contribution >= 0.6 is 15.9 Å². The van der Waals surface area contributed by atoms with Gasteiger partial charge in [0.15, 0.2) is 17.2 Å². The van der Waals surface area contributed by atoms with Crippen molar-refractivity contribution >= 4 is 21.9 Å². The zero-order valence-electron chi connectivity index (χ0n) is 14.3. The molecule has 0 saturated carbocycles. The molecule has 27 heavy (non-hydrogen) atoms. The number of hydrogen-bond acceptors (Lipinski definition) is 6. The van der Waals surface area contributed by atoms with Gasteiger partial charge in [-0.1, -0.05) is 34.1 Å². The zero-order valence-corrected chi connectivity index (χ0v) is 15.9. The summed E-state index contributed by atoms with van der Waals surface area (Å²) >= 11 is 3.45. The number of para-hydroxylation sites is 1. The number of rotatable bonds is 5. The molecule has 138 valence electrons. The van der Waals surface area contributed by atoms with Crippen molar-refractivity contribution in [1.82, 2.24) is 9.78 Å². The number of carbonyl (C=O) groups excluding carboxylic acids is 1. The highest BCUT2D eigenvalue weighted by atomic mass is 79.9. The number of halogens is 1. The zero-order chi connectivity index (χ0) is 18.8. The number of esters is 1. The number of ether oxygens (including phenoxy) is 4. The van der Waals surface area contributed by atoms with E-state index in [1.807, 2.05) is 30.3 Å². The maximum atomic E-state index is 12.5. The van der Waals surface area contributed by atoms with E-state index in [1.54, 1.807) is 23.0 Å². The molecule has 2 heterocycles. The fraction of sp³-hybridized carbons (Fsp3) is 0.158. The average Bonchev–Trinajstić information content (AvgIpc) is 3.33. The van der Waals surface area contributed by atoms with Crippen LogP contribution in [0.4, 0.5) is 0 Å². The normalized spacial score (nSPS) is 12.1. The fourth-order valence-electron chi connectivity index (χ4n) is 2.64. The van der Waals surface area contributed by atoms with Gasteiger partial charge in [0, 0.05) is 10.0 Å². The van der Waals surface area contributed by atoms with Crippen molar-refractivity contribution in [2.24, 2.45) is 0 Å². The Labute approximate surface area is 163 Å². The smallest absolute Gasteiger partial charge is 0.363 e. The van der Waals surface area contributed by atoms with Gasteiger partial charge in [-0.05, 0) is 24.3 Å². The highest BCUT2D eigenvalue weighted by Crippen LogP contribution is 2.37. The lowest BCUT2D eigenvalue weighted by molar-refractivity contribution is 0.0460. The van der Waals surface area contributed by atoms with Crippen molar-refractivity contribution in [2.75, 3.05) is 13.9 Å². The molecule has 0 spiro atoms. The van der Waals surface area contributed by atoms with Gasteiger partial charge in [0.1, 0.15) is 6.61 Å². The topological polar surface area (TPSA) is 71.8 Å². The number of benzene rings is 2. The quantitative estimate of drug-likeness (QED) is 0.574. The first-order chi connectivity index (χ1) is 13.2. The molecule has 0 bridgehead atoms. The third-order valence-electron chi connectivity index (χ3n) is 4.02. The van der Waals surface area contributed by atoms with E-state index in [1.165, 1.54) is 7.11 Å². The first-order valence-electron chi connectivity index (χ1n) is 8.10. The molecule has 1 aliphatic heterocycles. The third kappa shape index (κ3) is 3.48. The molecule has 0 fully saturated rings. The van der Waals surface area contributed by atoms with Gasteiger partial charge < -0.3 is 18.9 Å². The van der Waals surface area contributed by atoms with Crippen molar-refractivity contribution in [2.45, 2.75) is 6.61 Å². The number of hydrogen-bond donors (Lipinski definition) is 0. The van der Waals surface area contributed by atoms with Gasteiger partial charge in [-0.25, -0.2) is 9.48 Å². The molecule has 0 unspecified atom stereocenters. The summed E-state index contributed by atoms with van der Waals surface area (Å²) in [5, 5.41) is 4.30. The SMILES string of the molecule is COc1cn(-c2ccccc2)nc1C(=O)OCc1cc2c(cc1Br)OCO2. The first-order valence-corrected chi connectivity index (χ1v) is 8.89. The highest BCUT2D eigenvalue weighted by molar-refractivity contribution is 9.10. The lowest BCUT2D eigenvalue weighted by Gasteiger charge is -2.07. The van der Waals surface area contributed by atoms with Gasteiger partial charge in [0.2, 0.25) is 12.5 Å². The minimum Gasteiger partial charge on any atom is -0.493 e. The Hall–Kier alpha value is -3.00. The van der Waals surface area contributed by atoms with Crippen LogP contribution in [-0.4, -0.2) is 29.7 Å². The minimum absolute atomic E-state index is 0.0530. The number of aromatic nitrogens is 2. The minimum atomic E-state index is -0.578. The van der Waals surface area contributed by atoms with Crippen LogP contribution in [-0.2, 0) is 11.3 Å². The van der Waals surface area contributed by atoms with Crippen molar-refractivity contribution in [3.63, 3.8) is 0 Å². The van der Waals surface area contributed by atoms with E-state index in [0.717, 1.165) is 15.7 Å². The average molecular weight is 431 g/mol. The Morgan fingerprint density at radius 1 is 1.22 bits per heavy atom. The van der Waals surface area contributed by atoms with Gasteiger partial charge in [0.05, 0.1) is 19.0 Å². The number of fused-ring (bicyclic) bond motifs is 1. The summed E-state index contributed by atoms with van der Waals surface area (Å²) in [6, 6.07) is 13.0. The van der Waals surface area contributed by atoms with E-state index in [9.17, 15) is 4.79 Å². The van der Waals surface area contributed by atoms with Gasteiger partial charge in [0.25, 0.3) is 0 Å². The number of nitrogens with zero attached hydrogens (tertiary/aromatic N) is 2. The Morgan fingerprint density at radius 2 is 1.96 bits per heavy atom. The molecule has 0 N–H and O–H groups in total. The van der Waals surface area contributed by atoms with Crippen LogP contribution in [0.3, 0.4) is 0 Å². The highest BCUT2D eigenvalue weighted by Gasteiger charge is 2.21. The summed E-state index contributed by atoms with van der Waals surface area (Å²) in [5.41, 5.74) is 1.68. The molecule has 0 radical (unpaired) electrons. The molecule has 0 atom stereocenters. The maximum absolute atomic E-state index is 12.5. The van der Waals surface area contributed by atoms with E-state index in [0.29, 0.717) is 17.2 Å². The van der Waals surface area contributed by atoms with Crippen LogP contribution < -0.4 is 14.2 Å². The van der Waals surface area contributed by atoms with Gasteiger partial charge in [-0.2, -0.15) is 5.10 Å². The van der Waals surface area contributed by atoms with Crippen LogP contribution in [0, 0.1) is 0 Å². The Kier molecular flexibility index (Phi) is 4.72. The predicted octanol–water partition coefficient (Wildman–Crippen LogP) is 3.73. The van der Waals surface area contributed by atoms with Crippen LogP contribution in [0.5, 0.6) is 17.2 Å². The van der Waals surface area contributed by atoms with Gasteiger partial charge in [-0.15, -0.1) is 0 Å². The second kappa shape index (κ2) is 7.32. The molecule has 3 aromatic rings. The predicted molar refractivity (Wildman–Crippen MR) is 99.5 cm³/mol. The molecular formula is C19H15BrN2O5. The van der Waals surface area contributed by atoms with E-state index in [-0.39, 0.29) is 19.1 Å². The first kappa shape index (κ1) is 17.4. The molecule has 1 aliphatic rings. The van der Waals surface area contributed by atoms with Crippen LogP contribution in [0.15, 0.2) is 53.1 Å². The summed E-state index contributed by atoms with van der Waals surface area (Å²) in [4.78, 5) is 12.5. The summed E-state index contributed by atoms with van der Waals surface area (Å²) in [7, 11) is 1.48. The van der Waals surface area contributed by atoms with E-state index in [4.69, 9.17) is 18.9 Å². The Balaban J connectivity index is 1.53. The van der Waals surface area contributed by atoms with Crippen molar-refractivity contribution < 1.29 is 23.7 Å². The fourth-order valence-corrected chi connectivity index (χ4v) is 3.08. The second-order valence-electron chi connectivity index (χ2n) is 5.70. The summed E-state index contributed by atoms with van der Waals surface area (Å²) in [5.74, 6) is 1.04. The lowest BCUT2D eigenvalue weighted by Crippen LogP contribution is -2.08. The monoisotopic (exact) mass is 430 g/mol. The molecule has 1 aromatic heterocycles. The molecule has 7 nitrogen and oxygen atoms in total. The number of methoxy groups -OCH3 is 1. The summed E-state index contributed by atoms with van der Waals surface area (Å²) in [6.45, 7) is 0.233. The summed E-state index contributed by atoms with van der Waals surface area (Å²) < 4.78 is 23.7. The Bertz CT molecular complexity index is 987. The summed E-state index contributed by atoms with van der Waals surface area (Å²) in [6.07, 6.45) is 1.64. The van der Waals surface area contributed by atoms with Crippen molar-refractivity contribution in [3.05, 3.63) is 64.4 Å². The molecule has 8 heteroatoms. The largest absolute Gasteiger partial charge is 0.493 e. The van der Waals surface area contributed by atoms with Crippen LogP contribution in [0.25, 0.3) is 5.69 Å². The van der Waals surface area contributed by atoms with Crippen LogP contribution in [0.2, 0.25) is 0 Å². The third-order valence-corrected chi connectivity index (χ3v) is 4.75. The van der Waals surface area contributed by atoms with Gasteiger partial charge >= 0.3 is 5.97 Å². The van der Waals surface area contributed by atoms with E-state index >= 15 is 0 Å². The molecular weight excluding hydrogens is 416 g/mol. The van der Waals surface area contributed by atoms with Crippen molar-refractivity contribution in [3.8, 4) is 22.9 Å². The molecule has 0 amide bonds. The Morgan fingerprint density at radius 3 is 2.70 bits per heavy atom. The molecule has 2 aromatic carbocycles. The lowest BCUT2D eigenvalue weighted by atomic mass is 10.2. The number of carbonyl (C=O) groups is 1. The molecule has 0 saturated heterocycles. The second-order valence-corrected chi connectivity index (χ2v) is 6.55.